The van der Waals surface area contributed by atoms with Gasteiger partial charge in [0.1, 0.15) is 0 Å². The van der Waals surface area contributed by atoms with Gasteiger partial charge in [-0.05, 0) is 45.0 Å². The molecule has 0 saturated carbocycles. The molecule has 1 aromatic rings. The topological polar surface area (TPSA) is 15.3 Å². The molecule has 2 heteroatoms. The number of hydrogen-bond acceptors (Lipinski definition) is 2. The Morgan fingerprint density at radius 3 is 2.65 bits per heavy atom. The Hall–Kier alpha value is -0.860. The minimum atomic E-state index is 0.559. The fraction of sp³-hybridized carbons (Fsp3) is 0.600. The number of likely N-dealkylation sites (N-methyl/N-ethyl adjacent to an activating group) is 1. The third kappa shape index (κ3) is 5.33. The van der Waals surface area contributed by atoms with Crippen molar-refractivity contribution in [1.82, 2.24) is 10.2 Å². The van der Waals surface area contributed by atoms with E-state index >= 15 is 0 Å². The summed E-state index contributed by atoms with van der Waals surface area (Å²) in [5, 5.41) is 3.52. The maximum Gasteiger partial charge on any atom is 0.0233 e. The zero-order valence-electron chi connectivity index (χ0n) is 11.7. The zero-order valence-corrected chi connectivity index (χ0v) is 11.7. The van der Waals surface area contributed by atoms with Crippen LogP contribution in [0.1, 0.15) is 31.4 Å². The molecule has 2 nitrogen and oxygen atoms in total. The molecule has 0 radical (unpaired) electrons. The number of hydrogen-bond donors (Lipinski definition) is 1. The largest absolute Gasteiger partial charge is 0.313 e. The SMILES string of the molecule is CCCNC(C)CN(C)Cc1ccccc1C. The smallest absolute Gasteiger partial charge is 0.0233 e. The van der Waals surface area contributed by atoms with Crippen LogP contribution < -0.4 is 5.32 Å². The molecular weight excluding hydrogens is 208 g/mol. The Balaban J connectivity index is 2.39. The van der Waals surface area contributed by atoms with Gasteiger partial charge in [-0.3, -0.25) is 0 Å². The molecule has 0 fully saturated rings. The van der Waals surface area contributed by atoms with Crippen molar-refractivity contribution < 1.29 is 0 Å². The van der Waals surface area contributed by atoms with E-state index in [9.17, 15) is 0 Å². The zero-order chi connectivity index (χ0) is 12.7. The number of aryl methyl sites for hydroxylation is 1. The standard InChI is InChI=1S/C15H26N2/c1-5-10-16-14(3)11-17(4)12-15-9-7-6-8-13(15)2/h6-9,14,16H,5,10-12H2,1-4H3. The molecule has 1 rings (SSSR count). The molecular formula is C15H26N2. The third-order valence-electron chi connectivity index (χ3n) is 3.03. The highest BCUT2D eigenvalue weighted by atomic mass is 15.1. The average Bonchev–Trinajstić information content (AvgIpc) is 2.29. The van der Waals surface area contributed by atoms with Crippen molar-refractivity contribution in [3.05, 3.63) is 35.4 Å². The van der Waals surface area contributed by atoms with Gasteiger partial charge in [0, 0.05) is 19.1 Å². The Bertz CT molecular complexity index is 322. The lowest BCUT2D eigenvalue weighted by Gasteiger charge is -2.22. The minimum Gasteiger partial charge on any atom is -0.313 e. The molecule has 1 aromatic carbocycles. The summed E-state index contributed by atoms with van der Waals surface area (Å²) in [4.78, 5) is 2.38. The van der Waals surface area contributed by atoms with Gasteiger partial charge in [0.25, 0.3) is 0 Å². The molecule has 0 amide bonds. The first kappa shape index (κ1) is 14.2. The number of nitrogens with zero attached hydrogens (tertiary/aromatic N) is 1. The maximum absolute atomic E-state index is 3.52. The predicted molar refractivity (Wildman–Crippen MR) is 75.3 cm³/mol. The molecule has 96 valence electrons. The molecule has 1 atom stereocenters. The van der Waals surface area contributed by atoms with E-state index in [1.165, 1.54) is 17.5 Å². The van der Waals surface area contributed by atoms with Gasteiger partial charge in [-0.15, -0.1) is 0 Å². The molecule has 0 aliphatic heterocycles. The lowest BCUT2D eigenvalue weighted by Crippen LogP contribution is -2.37. The Kier molecular flexibility index (Phi) is 6.23. The molecule has 17 heavy (non-hydrogen) atoms. The lowest BCUT2D eigenvalue weighted by atomic mass is 10.1. The second kappa shape index (κ2) is 7.46. The molecule has 1 unspecified atom stereocenters. The van der Waals surface area contributed by atoms with Gasteiger partial charge < -0.3 is 10.2 Å². The monoisotopic (exact) mass is 234 g/mol. The van der Waals surface area contributed by atoms with Crippen LogP contribution in [0.15, 0.2) is 24.3 Å². The highest BCUT2D eigenvalue weighted by Gasteiger charge is 2.06. The third-order valence-corrected chi connectivity index (χ3v) is 3.03. The summed E-state index contributed by atoms with van der Waals surface area (Å²) in [6, 6.07) is 9.18. The second-order valence-corrected chi connectivity index (χ2v) is 4.98. The summed E-state index contributed by atoms with van der Waals surface area (Å²) < 4.78 is 0. The van der Waals surface area contributed by atoms with Crippen LogP contribution in [0.3, 0.4) is 0 Å². The van der Waals surface area contributed by atoms with E-state index in [0.29, 0.717) is 6.04 Å². The van der Waals surface area contributed by atoms with E-state index in [4.69, 9.17) is 0 Å². The fourth-order valence-corrected chi connectivity index (χ4v) is 2.07. The molecule has 0 heterocycles. The molecule has 0 aromatic heterocycles. The van der Waals surface area contributed by atoms with E-state index in [0.717, 1.165) is 19.6 Å². The van der Waals surface area contributed by atoms with E-state index in [1.54, 1.807) is 0 Å². The lowest BCUT2D eigenvalue weighted by molar-refractivity contribution is 0.289. The van der Waals surface area contributed by atoms with Crippen LogP contribution in [0.2, 0.25) is 0 Å². The van der Waals surface area contributed by atoms with Gasteiger partial charge in [0.15, 0.2) is 0 Å². The fourth-order valence-electron chi connectivity index (χ4n) is 2.07. The van der Waals surface area contributed by atoms with Crippen LogP contribution in [-0.2, 0) is 6.54 Å². The van der Waals surface area contributed by atoms with Gasteiger partial charge in [-0.2, -0.15) is 0 Å². The highest BCUT2D eigenvalue weighted by molar-refractivity contribution is 5.25. The minimum absolute atomic E-state index is 0.559. The van der Waals surface area contributed by atoms with E-state index in [2.05, 4.69) is 62.3 Å². The maximum atomic E-state index is 3.52. The average molecular weight is 234 g/mol. The van der Waals surface area contributed by atoms with Crippen molar-refractivity contribution in [1.29, 1.82) is 0 Å². The summed E-state index contributed by atoms with van der Waals surface area (Å²) in [6.45, 7) is 9.88. The quantitative estimate of drug-likeness (QED) is 0.780. The van der Waals surface area contributed by atoms with Crippen LogP contribution in [-0.4, -0.2) is 31.1 Å². The van der Waals surface area contributed by atoms with Gasteiger partial charge >= 0.3 is 0 Å². The van der Waals surface area contributed by atoms with Crippen LogP contribution >= 0.6 is 0 Å². The Morgan fingerprint density at radius 1 is 1.29 bits per heavy atom. The van der Waals surface area contributed by atoms with Crippen LogP contribution in [0.4, 0.5) is 0 Å². The molecule has 0 aliphatic rings. The van der Waals surface area contributed by atoms with Crippen molar-refractivity contribution in [2.24, 2.45) is 0 Å². The van der Waals surface area contributed by atoms with Crippen LogP contribution in [0.5, 0.6) is 0 Å². The Labute approximate surface area is 106 Å². The molecule has 0 saturated heterocycles. The van der Waals surface area contributed by atoms with Crippen molar-refractivity contribution >= 4 is 0 Å². The predicted octanol–water partition coefficient (Wildman–Crippen LogP) is 2.81. The summed E-state index contributed by atoms with van der Waals surface area (Å²) in [5.74, 6) is 0. The first-order chi connectivity index (χ1) is 8.13. The summed E-state index contributed by atoms with van der Waals surface area (Å²) in [7, 11) is 2.19. The molecule has 1 N–H and O–H groups in total. The number of benzene rings is 1. The van der Waals surface area contributed by atoms with Gasteiger partial charge in [0.2, 0.25) is 0 Å². The van der Waals surface area contributed by atoms with Crippen molar-refractivity contribution in [3.8, 4) is 0 Å². The summed E-state index contributed by atoms with van der Waals surface area (Å²) in [6.07, 6.45) is 1.20. The van der Waals surface area contributed by atoms with E-state index in [-0.39, 0.29) is 0 Å². The Morgan fingerprint density at radius 2 is 2.00 bits per heavy atom. The van der Waals surface area contributed by atoms with E-state index in [1.807, 2.05) is 0 Å². The summed E-state index contributed by atoms with van der Waals surface area (Å²) in [5.41, 5.74) is 2.81. The van der Waals surface area contributed by atoms with Crippen molar-refractivity contribution in [2.75, 3.05) is 20.1 Å². The van der Waals surface area contributed by atoms with Crippen molar-refractivity contribution in [3.63, 3.8) is 0 Å². The highest BCUT2D eigenvalue weighted by Crippen LogP contribution is 2.09. The first-order valence-corrected chi connectivity index (χ1v) is 6.60. The van der Waals surface area contributed by atoms with Gasteiger partial charge in [0.05, 0.1) is 0 Å². The number of nitrogens with one attached hydrogen (secondary N) is 1. The molecule has 0 bridgehead atoms. The van der Waals surface area contributed by atoms with Crippen LogP contribution in [0, 0.1) is 6.92 Å². The second-order valence-electron chi connectivity index (χ2n) is 4.98. The molecule has 0 aliphatic carbocycles. The molecule has 0 spiro atoms. The summed E-state index contributed by atoms with van der Waals surface area (Å²) >= 11 is 0. The van der Waals surface area contributed by atoms with Crippen molar-refractivity contribution in [2.45, 2.75) is 39.8 Å². The van der Waals surface area contributed by atoms with Crippen LogP contribution in [0.25, 0.3) is 0 Å². The number of rotatable bonds is 7. The van der Waals surface area contributed by atoms with Gasteiger partial charge in [-0.25, -0.2) is 0 Å². The van der Waals surface area contributed by atoms with E-state index < -0.39 is 0 Å². The normalized spacial score (nSPS) is 13.0. The van der Waals surface area contributed by atoms with Gasteiger partial charge in [-0.1, -0.05) is 31.2 Å². The first-order valence-electron chi connectivity index (χ1n) is 6.60.